The Balaban J connectivity index is 1.86. The minimum Gasteiger partial charge on any atom is -0.352 e. The molecule has 5 heteroatoms. The van der Waals surface area contributed by atoms with Crippen LogP contribution in [0.1, 0.15) is 37.0 Å². The van der Waals surface area contributed by atoms with Crippen LogP contribution >= 0.6 is 0 Å². The standard InChI is InChI=1S/C17H25N3O2/c1-17(2,18)16(22)20-10-6-7-13(12-20)11-19-15(21)14-8-4-3-5-9-14/h3-5,8-9,13H,6-7,10-12,18H2,1-2H3,(H,19,21). The summed E-state index contributed by atoms with van der Waals surface area (Å²) in [4.78, 5) is 26.1. The Morgan fingerprint density at radius 2 is 2.00 bits per heavy atom. The molecule has 0 bridgehead atoms. The van der Waals surface area contributed by atoms with Crippen LogP contribution in [0.3, 0.4) is 0 Å². The number of hydrogen-bond donors (Lipinski definition) is 2. The average molecular weight is 303 g/mol. The lowest BCUT2D eigenvalue weighted by Gasteiger charge is -2.36. The number of nitrogens with one attached hydrogen (secondary N) is 1. The topological polar surface area (TPSA) is 75.4 Å². The number of benzene rings is 1. The highest BCUT2D eigenvalue weighted by Gasteiger charge is 2.31. The van der Waals surface area contributed by atoms with E-state index < -0.39 is 5.54 Å². The summed E-state index contributed by atoms with van der Waals surface area (Å²) < 4.78 is 0. The molecule has 2 amide bonds. The molecule has 1 unspecified atom stereocenters. The second kappa shape index (κ2) is 6.92. The summed E-state index contributed by atoms with van der Waals surface area (Å²) >= 11 is 0. The minimum atomic E-state index is -0.838. The van der Waals surface area contributed by atoms with Gasteiger partial charge in [0, 0.05) is 25.2 Å². The Morgan fingerprint density at radius 3 is 2.64 bits per heavy atom. The van der Waals surface area contributed by atoms with E-state index in [1.807, 2.05) is 23.1 Å². The highest BCUT2D eigenvalue weighted by atomic mass is 16.2. The van der Waals surface area contributed by atoms with Crippen LogP contribution in [0.4, 0.5) is 0 Å². The van der Waals surface area contributed by atoms with E-state index in [1.54, 1.807) is 26.0 Å². The molecular weight excluding hydrogens is 278 g/mol. The van der Waals surface area contributed by atoms with E-state index in [4.69, 9.17) is 5.73 Å². The lowest BCUT2D eigenvalue weighted by molar-refractivity contribution is -0.137. The lowest BCUT2D eigenvalue weighted by atomic mass is 9.95. The smallest absolute Gasteiger partial charge is 0.251 e. The van der Waals surface area contributed by atoms with Crippen molar-refractivity contribution in [3.8, 4) is 0 Å². The second-order valence-corrected chi connectivity index (χ2v) is 6.56. The van der Waals surface area contributed by atoms with Crippen molar-refractivity contribution in [3.05, 3.63) is 35.9 Å². The number of hydrogen-bond acceptors (Lipinski definition) is 3. The molecule has 3 N–H and O–H groups in total. The number of nitrogens with two attached hydrogens (primary N) is 1. The summed E-state index contributed by atoms with van der Waals surface area (Å²) in [6, 6.07) is 9.17. The highest BCUT2D eigenvalue weighted by Crippen LogP contribution is 2.18. The third kappa shape index (κ3) is 4.31. The van der Waals surface area contributed by atoms with Crippen molar-refractivity contribution in [2.45, 2.75) is 32.2 Å². The number of likely N-dealkylation sites (tertiary alicyclic amines) is 1. The van der Waals surface area contributed by atoms with E-state index in [2.05, 4.69) is 5.32 Å². The third-order valence-electron chi connectivity index (χ3n) is 3.94. The first kappa shape index (κ1) is 16.5. The maximum absolute atomic E-state index is 12.2. The van der Waals surface area contributed by atoms with Crippen LogP contribution in [-0.2, 0) is 4.79 Å². The summed E-state index contributed by atoms with van der Waals surface area (Å²) in [5, 5.41) is 2.96. The molecule has 1 aliphatic rings. The van der Waals surface area contributed by atoms with E-state index >= 15 is 0 Å². The highest BCUT2D eigenvalue weighted by molar-refractivity contribution is 5.94. The van der Waals surface area contributed by atoms with Gasteiger partial charge < -0.3 is 16.0 Å². The molecule has 1 fully saturated rings. The van der Waals surface area contributed by atoms with E-state index in [0.717, 1.165) is 19.4 Å². The molecular formula is C17H25N3O2. The Morgan fingerprint density at radius 1 is 1.32 bits per heavy atom. The van der Waals surface area contributed by atoms with E-state index in [-0.39, 0.29) is 17.7 Å². The van der Waals surface area contributed by atoms with Crippen LogP contribution in [0.25, 0.3) is 0 Å². The summed E-state index contributed by atoms with van der Waals surface area (Å²) in [5.74, 6) is 0.197. The number of piperidine rings is 1. The molecule has 1 heterocycles. The van der Waals surface area contributed by atoms with Crippen molar-refractivity contribution in [3.63, 3.8) is 0 Å². The van der Waals surface area contributed by atoms with Crippen molar-refractivity contribution in [2.75, 3.05) is 19.6 Å². The van der Waals surface area contributed by atoms with Gasteiger partial charge in [0.2, 0.25) is 5.91 Å². The summed E-state index contributed by atoms with van der Waals surface area (Å²) in [5.41, 5.74) is 5.72. The van der Waals surface area contributed by atoms with Gasteiger partial charge in [0.15, 0.2) is 0 Å². The summed E-state index contributed by atoms with van der Waals surface area (Å²) in [6.07, 6.45) is 1.97. The Hall–Kier alpha value is -1.88. The molecule has 1 aliphatic heterocycles. The van der Waals surface area contributed by atoms with Crippen LogP contribution in [-0.4, -0.2) is 41.9 Å². The fourth-order valence-corrected chi connectivity index (χ4v) is 2.75. The zero-order valence-corrected chi connectivity index (χ0v) is 13.3. The maximum atomic E-state index is 12.2. The van der Waals surface area contributed by atoms with Gasteiger partial charge in [-0.3, -0.25) is 9.59 Å². The quantitative estimate of drug-likeness (QED) is 0.882. The van der Waals surface area contributed by atoms with Gasteiger partial charge in [-0.25, -0.2) is 0 Å². The van der Waals surface area contributed by atoms with Crippen molar-refractivity contribution >= 4 is 11.8 Å². The molecule has 0 aromatic heterocycles. The third-order valence-corrected chi connectivity index (χ3v) is 3.94. The second-order valence-electron chi connectivity index (χ2n) is 6.56. The fraction of sp³-hybridized carbons (Fsp3) is 0.529. The molecule has 22 heavy (non-hydrogen) atoms. The van der Waals surface area contributed by atoms with E-state index in [1.165, 1.54) is 0 Å². The fourth-order valence-electron chi connectivity index (χ4n) is 2.75. The predicted molar refractivity (Wildman–Crippen MR) is 86.3 cm³/mol. The van der Waals surface area contributed by atoms with Crippen LogP contribution in [0, 0.1) is 5.92 Å². The number of nitrogens with zero attached hydrogens (tertiary/aromatic N) is 1. The first-order valence-corrected chi connectivity index (χ1v) is 7.79. The van der Waals surface area contributed by atoms with Crippen molar-refractivity contribution in [2.24, 2.45) is 11.7 Å². The Bertz CT molecular complexity index is 522. The van der Waals surface area contributed by atoms with Crippen LogP contribution < -0.4 is 11.1 Å². The molecule has 120 valence electrons. The maximum Gasteiger partial charge on any atom is 0.251 e. The first-order valence-electron chi connectivity index (χ1n) is 7.79. The van der Waals surface area contributed by atoms with Gasteiger partial charge in [-0.2, -0.15) is 0 Å². The summed E-state index contributed by atoms with van der Waals surface area (Å²) in [6.45, 7) is 5.46. The molecule has 0 spiro atoms. The minimum absolute atomic E-state index is 0.0217. The molecule has 5 nitrogen and oxygen atoms in total. The normalized spacial score (nSPS) is 18.9. The van der Waals surface area contributed by atoms with Gasteiger partial charge in [0.05, 0.1) is 5.54 Å². The number of amides is 2. The molecule has 1 saturated heterocycles. The number of carbonyl (C=O) groups excluding carboxylic acids is 2. The first-order chi connectivity index (χ1) is 10.4. The van der Waals surface area contributed by atoms with Crippen molar-refractivity contribution in [1.82, 2.24) is 10.2 Å². The van der Waals surface area contributed by atoms with Gasteiger partial charge in [0.25, 0.3) is 5.91 Å². The summed E-state index contributed by atoms with van der Waals surface area (Å²) in [7, 11) is 0. The zero-order chi connectivity index (χ0) is 16.2. The average Bonchev–Trinajstić information content (AvgIpc) is 2.52. The van der Waals surface area contributed by atoms with Crippen LogP contribution in [0.5, 0.6) is 0 Å². The van der Waals surface area contributed by atoms with E-state index in [0.29, 0.717) is 18.7 Å². The van der Waals surface area contributed by atoms with Crippen LogP contribution in [0.2, 0.25) is 0 Å². The molecule has 2 rings (SSSR count). The van der Waals surface area contributed by atoms with E-state index in [9.17, 15) is 9.59 Å². The van der Waals surface area contributed by atoms with Gasteiger partial charge >= 0.3 is 0 Å². The Kier molecular flexibility index (Phi) is 5.19. The number of carbonyl (C=O) groups is 2. The van der Waals surface area contributed by atoms with Crippen molar-refractivity contribution < 1.29 is 9.59 Å². The monoisotopic (exact) mass is 303 g/mol. The molecule has 1 aromatic rings. The van der Waals surface area contributed by atoms with Crippen molar-refractivity contribution in [1.29, 1.82) is 0 Å². The molecule has 1 atom stereocenters. The predicted octanol–water partition coefficient (Wildman–Crippen LogP) is 1.39. The SMILES string of the molecule is CC(C)(N)C(=O)N1CCCC(CNC(=O)c2ccccc2)C1. The molecule has 0 radical (unpaired) electrons. The molecule has 0 saturated carbocycles. The number of rotatable bonds is 4. The van der Waals surface area contributed by atoms with Crippen LogP contribution in [0.15, 0.2) is 30.3 Å². The lowest BCUT2D eigenvalue weighted by Crippen LogP contribution is -2.54. The molecule has 1 aromatic carbocycles. The largest absolute Gasteiger partial charge is 0.352 e. The van der Waals surface area contributed by atoms with Gasteiger partial charge in [-0.15, -0.1) is 0 Å². The Labute approximate surface area is 131 Å². The zero-order valence-electron chi connectivity index (χ0n) is 13.3. The van der Waals surface area contributed by atoms with Gasteiger partial charge in [-0.1, -0.05) is 18.2 Å². The molecule has 0 aliphatic carbocycles. The van der Waals surface area contributed by atoms with Gasteiger partial charge in [0.1, 0.15) is 0 Å². The van der Waals surface area contributed by atoms with Gasteiger partial charge in [-0.05, 0) is 44.7 Å².